The van der Waals surface area contributed by atoms with E-state index in [4.69, 9.17) is 16.1 Å². The minimum atomic E-state index is -0.278. The van der Waals surface area contributed by atoms with Gasteiger partial charge in [-0.05, 0) is 61.0 Å². The molecule has 3 aromatic carbocycles. The number of benzene rings is 3. The molecule has 0 saturated carbocycles. The molecule has 0 aliphatic carbocycles. The Hall–Kier alpha value is -4.04. The number of anilines is 2. The quantitative estimate of drug-likeness (QED) is 0.246. The number of amidine groups is 1. The Labute approximate surface area is 203 Å². The van der Waals surface area contributed by atoms with Gasteiger partial charge < -0.3 is 21.1 Å². The number of nitrogens with one attached hydrogen (secondary N) is 2. The largest absolute Gasteiger partial charge is 0.508 e. The van der Waals surface area contributed by atoms with Crippen LogP contribution in [-0.4, -0.2) is 40.5 Å². The Bertz CT molecular complexity index is 1380. The smallest absolute Gasteiger partial charge is 0.228 e. The van der Waals surface area contributed by atoms with Gasteiger partial charge >= 0.3 is 0 Å². The lowest BCUT2D eigenvalue weighted by Gasteiger charge is -2.17. The summed E-state index contributed by atoms with van der Waals surface area (Å²) in [6, 6.07) is 18.2. The molecular formula is C25H27ClN6O2. The van der Waals surface area contributed by atoms with Crippen molar-refractivity contribution in [2.75, 3.05) is 24.3 Å². The molecule has 0 atom stereocenters. The van der Waals surface area contributed by atoms with Crippen LogP contribution >= 0.6 is 12.4 Å². The summed E-state index contributed by atoms with van der Waals surface area (Å²) in [5.41, 5.74) is 10.9. The van der Waals surface area contributed by atoms with Crippen LogP contribution in [0.4, 0.5) is 11.6 Å². The van der Waals surface area contributed by atoms with E-state index >= 15 is 0 Å². The number of para-hydroxylation sites is 2. The number of fused-ring (bicyclic) bond motifs is 1. The van der Waals surface area contributed by atoms with E-state index in [1.807, 2.05) is 68.4 Å². The standard InChI is InChI=1S/C25H26N6O2.ClH/c1-15-12-18(28-23(33)14-17-13-16(24(26)27)8-11-22(17)32)9-10-20(15)31-21-7-5-4-6-19(21)29-25(31)30(2)3;/h4-13,32H,14H2,1-3H3,(H3,26,27)(H,28,33);1H. The van der Waals surface area contributed by atoms with E-state index in [-0.39, 0.29) is 36.3 Å². The second-order valence-corrected chi connectivity index (χ2v) is 8.11. The van der Waals surface area contributed by atoms with Crippen molar-refractivity contribution in [1.82, 2.24) is 9.55 Å². The Morgan fingerprint density at radius 2 is 1.88 bits per heavy atom. The number of imidazole rings is 1. The third-order valence-electron chi connectivity index (χ3n) is 5.41. The number of halogens is 1. The summed E-state index contributed by atoms with van der Waals surface area (Å²) in [6.07, 6.45) is -0.0370. The number of aromatic nitrogens is 2. The average Bonchev–Trinajstić information content (AvgIpc) is 3.15. The molecule has 9 heteroatoms. The maximum atomic E-state index is 12.6. The molecule has 0 bridgehead atoms. The van der Waals surface area contributed by atoms with Gasteiger partial charge in [0.1, 0.15) is 11.6 Å². The SMILES string of the molecule is Cc1cc(NC(=O)Cc2cc(C(=N)N)ccc2O)ccc1-n1c(N(C)C)nc2ccccc21.Cl. The maximum absolute atomic E-state index is 12.6. The number of nitrogens with zero attached hydrogens (tertiary/aromatic N) is 3. The molecule has 1 aromatic heterocycles. The van der Waals surface area contributed by atoms with E-state index in [2.05, 4.69) is 9.88 Å². The van der Waals surface area contributed by atoms with E-state index in [9.17, 15) is 9.90 Å². The zero-order chi connectivity index (χ0) is 23.7. The second kappa shape index (κ2) is 9.84. The highest BCUT2D eigenvalue weighted by Gasteiger charge is 2.16. The number of hydrogen-bond donors (Lipinski definition) is 4. The number of aryl methyl sites for hydroxylation is 1. The number of phenols is 1. The molecule has 8 nitrogen and oxygen atoms in total. The number of amides is 1. The number of phenolic OH excluding ortho intramolecular Hbond substituents is 1. The number of carbonyl (C=O) groups is 1. The van der Waals surface area contributed by atoms with Crippen molar-refractivity contribution in [3.8, 4) is 11.4 Å². The van der Waals surface area contributed by atoms with Gasteiger partial charge in [-0.2, -0.15) is 0 Å². The van der Waals surface area contributed by atoms with Crippen LogP contribution in [0.1, 0.15) is 16.7 Å². The van der Waals surface area contributed by atoms with Crippen LogP contribution in [0.25, 0.3) is 16.7 Å². The van der Waals surface area contributed by atoms with Gasteiger partial charge in [-0.1, -0.05) is 12.1 Å². The van der Waals surface area contributed by atoms with Crippen molar-refractivity contribution in [2.24, 2.45) is 5.73 Å². The number of aromatic hydroxyl groups is 1. The van der Waals surface area contributed by atoms with Crippen LogP contribution in [0.15, 0.2) is 60.7 Å². The predicted octanol–water partition coefficient (Wildman–Crippen LogP) is 3.99. The maximum Gasteiger partial charge on any atom is 0.228 e. The summed E-state index contributed by atoms with van der Waals surface area (Å²) in [5.74, 6) is 0.411. The van der Waals surface area contributed by atoms with Crippen LogP contribution < -0.4 is 16.0 Å². The molecule has 1 heterocycles. The molecule has 0 radical (unpaired) electrons. The topological polar surface area (TPSA) is 120 Å². The molecule has 1 amide bonds. The first-order valence-corrected chi connectivity index (χ1v) is 10.5. The van der Waals surface area contributed by atoms with Crippen LogP contribution in [0.2, 0.25) is 0 Å². The number of nitrogen functional groups attached to an aromatic ring is 1. The highest BCUT2D eigenvalue weighted by Crippen LogP contribution is 2.29. The molecule has 34 heavy (non-hydrogen) atoms. The number of nitrogens with two attached hydrogens (primary N) is 1. The van der Waals surface area contributed by atoms with Crippen LogP contribution in [0, 0.1) is 12.3 Å². The zero-order valence-corrected chi connectivity index (χ0v) is 20.0. The van der Waals surface area contributed by atoms with Gasteiger partial charge in [0.15, 0.2) is 0 Å². The molecule has 4 aromatic rings. The zero-order valence-electron chi connectivity index (χ0n) is 19.2. The van der Waals surface area contributed by atoms with Crippen molar-refractivity contribution in [3.05, 3.63) is 77.4 Å². The molecule has 0 aliphatic heterocycles. The van der Waals surface area contributed by atoms with Gasteiger partial charge in [0.2, 0.25) is 11.9 Å². The number of rotatable bonds is 6. The minimum absolute atomic E-state index is 0. The fraction of sp³-hybridized carbons (Fsp3) is 0.160. The molecule has 0 fully saturated rings. The molecule has 4 rings (SSSR count). The number of carbonyl (C=O) groups excluding carboxylic acids is 1. The average molecular weight is 479 g/mol. The van der Waals surface area contributed by atoms with Gasteiger partial charge in [-0.25, -0.2) is 4.98 Å². The van der Waals surface area contributed by atoms with E-state index in [0.717, 1.165) is 28.2 Å². The first-order chi connectivity index (χ1) is 15.7. The van der Waals surface area contributed by atoms with Crippen LogP contribution in [0.5, 0.6) is 5.75 Å². The first-order valence-electron chi connectivity index (χ1n) is 10.5. The summed E-state index contributed by atoms with van der Waals surface area (Å²) in [6.45, 7) is 1.99. The van der Waals surface area contributed by atoms with Crippen LogP contribution in [-0.2, 0) is 11.2 Å². The highest BCUT2D eigenvalue weighted by atomic mass is 35.5. The molecule has 0 saturated heterocycles. The van der Waals surface area contributed by atoms with E-state index in [0.29, 0.717) is 16.8 Å². The normalized spacial score (nSPS) is 10.6. The molecule has 0 spiro atoms. The van der Waals surface area contributed by atoms with Gasteiger partial charge in [0.25, 0.3) is 0 Å². The molecule has 176 valence electrons. The second-order valence-electron chi connectivity index (χ2n) is 8.11. The lowest BCUT2D eigenvalue weighted by Crippen LogP contribution is -2.17. The van der Waals surface area contributed by atoms with E-state index < -0.39 is 0 Å². The van der Waals surface area contributed by atoms with Gasteiger partial charge in [-0.3, -0.25) is 14.8 Å². The fourth-order valence-electron chi connectivity index (χ4n) is 3.81. The molecule has 5 N–H and O–H groups in total. The Morgan fingerprint density at radius 3 is 2.56 bits per heavy atom. The monoisotopic (exact) mass is 478 g/mol. The molecular weight excluding hydrogens is 452 g/mol. The van der Waals surface area contributed by atoms with Crippen molar-refractivity contribution < 1.29 is 9.90 Å². The summed E-state index contributed by atoms with van der Waals surface area (Å²) in [4.78, 5) is 19.3. The van der Waals surface area contributed by atoms with Crippen molar-refractivity contribution >= 4 is 46.8 Å². The van der Waals surface area contributed by atoms with E-state index in [1.54, 1.807) is 12.1 Å². The Kier molecular flexibility index (Phi) is 7.12. The number of hydrogen-bond acceptors (Lipinski definition) is 5. The lowest BCUT2D eigenvalue weighted by atomic mass is 10.1. The summed E-state index contributed by atoms with van der Waals surface area (Å²) in [7, 11) is 3.91. The Morgan fingerprint density at radius 1 is 1.15 bits per heavy atom. The predicted molar refractivity (Wildman–Crippen MR) is 139 cm³/mol. The van der Waals surface area contributed by atoms with Crippen LogP contribution in [0.3, 0.4) is 0 Å². The van der Waals surface area contributed by atoms with Crippen molar-refractivity contribution in [3.63, 3.8) is 0 Å². The minimum Gasteiger partial charge on any atom is -0.508 e. The summed E-state index contributed by atoms with van der Waals surface area (Å²) < 4.78 is 2.10. The van der Waals surface area contributed by atoms with Crippen molar-refractivity contribution in [2.45, 2.75) is 13.3 Å². The third-order valence-corrected chi connectivity index (χ3v) is 5.41. The molecule has 0 unspecified atom stereocenters. The van der Waals surface area contributed by atoms with Gasteiger partial charge in [-0.15, -0.1) is 12.4 Å². The Balaban J connectivity index is 0.00000324. The lowest BCUT2D eigenvalue weighted by molar-refractivity contribution is -0.115. The third kappa shape index (κ3) is 4.82. The van der Waals surface area contributed by atoms with Gasteiger partial charge in [0, 0.05) is 30.9 Å². The summed E-state index contributed by atoms with van der Waals surface area (Å²) >= 11 is 0. The van der Waals surface area contributed by atoms with Crippen molar-refractivity contribution in [1.29, 1.82) is 5.41 Å². The van der Waals surface area contributed by atoms with E-state index in [1.165, 1.54) is 6.07 Å². The molecule has 0 aliphatic rings. The highest BCUT2D eigenvalue weighted by molar-refractivity contribution is 5.97. The fourth-order valence-corrected chi connectivity index (χ4v) is 3.81. The summed E-state index contributed by atoms with van der Waals surface area (Å²) in [5, 5.41) is 20.5. The first kappa shape index (κ1) is 24.6. The van der Waals surface area contributed by atoms with Gasteiger partial charge in [0.05, 0.1) is 23.1 Å².